The summed E-state index contributed by atoms with van der Waals surface area (Å²) in [5.41, 5.74) is 4.80. The maximum atomic E-state index is 13.9. The second kappa shape index (κ2) is 13.8. The number of ether oxygens (including phenoxy) is 2. The minimum absolute atomic E-state index is 0.0106. The number of carbonyl (C=O) groups is 2. The lowest BCUT2D eigenvalue weighted by Crippen LogP contribution is -2.21. The van der Waals surface area contributed by atoms with Crippen molar-refractivity contribution < 1.29 is 27.5 Å². The van der Waals surface area contributed by atoms with Crippen molar-refractivity contribution in [2.24, 2.45) is 0 Å². The zero-order valence-corrected chi connectivity index (χ0v) is 26.8. The summed E-state index contributed by atoms with van der Waals surface area (Å²) in [4.78, 5) is 29.1. The number of nitrogens with zero attached hydrogens (tertiary/aromatic N) is 2. The fourth-order valence-electron chi connectivity index (χ4n) is 5.07. The van der Waals surface area contributed by atoms with E-state index in [-0.39, 0.29) is 40.9 Å². The molecule has 0 bridgehead atoms. The van der Waals surface area contributed by atoms with Gasteiger partial charge in [-0.3, -0.25) is 9.59 Å². The van der Waals surface area contributed by atoms with Gasteiger partial charge in [-0.1, -0.05) is 48.5 Å². The predicted octanol–water partition coefficient (Wildman–Crippen LogP) is 5.47. The smallest absolute Gasteiger partial charge is 0.253 e. The Bertz CT molecular complexity index is 1780. The lowest BCUT2D eigenvalue weighted by molar-refractivity contribution is -0.117. The van der Waals surface area contributed by atoms with Gasteiger partial charge in [0.2, 0.25) is 0 Å². The van der Waals surface area contributed by atoms with Gasteiger partial charge in [0.05, 0.1) is 20.0 Å². The van der Waals surface area contributed by atoms with E-state index in [2.05, 4.69) is 0 Å². The lowest BCUT2D eigenvalue weighted by Gasteiger charge is -2.16. The van der Waals surface area contributed by atoms with Crippen molar-refractivity contribution in [1.29, 1.82) is 0 Å². The molecule has 0 aromatic heterocycles. The Morgan fingerprint density at radius 1 is 0.727 bits per heavy atom. The molecule has 0 saturated carbocycles. The SMILES string of the molecule is COc1ccc(-c2cccc(C(=O)N(C)C)c2)cc1S(=O)(=O)Cc1cccc(CC(=O)Cc2cccc(N(C)C)c2)c1OC. The minimum atomic E-state index is -3.94. The number of para-hydroxylation sites is 1. The van der Waals surface area contributed by atoms with Crippen LogP contribution in [0, 0.1) is 0 Å². The summed E-state index contributed by atoms with van der Waals surface area (Å²) >= 11 is 0. The number of ketones is 1. The van der Waals surface area contributed by atoms with Crippen LogP contribution in [0.1, 0.15) is 27.0 Å². The zero-order chi connectivity index (χ0) is 32.0. The van der Waals surface area contributed by atoms with Gasteiger partial charge in [-0.15, -0.1) is 0 Å². The quantitative estimate of drug-likeness (QED) is 0.209. The van der Waals surface area contributed by atoms with E-state index in [0.717, 1.165) is 11.3 Å². The van der Waals surface area contributed by atoms with Gasteiger partial charge in [0, 0.05) is 63.4 Å². The Balaban J connectivity index is 1.62. The van der Waals surface area contributed by atoms with Crippen LogP contribution in [-0.4, -0.2) is 67.4 Å². The molecule has 9 heteroatoms. The van der Waals surface area contributed by atoms with Crippen LogP contribution in [0.4, 0.5) is 5.69 Å². The number of hydrogen-bond acceptors (Lipinski definition) is 7. The largest absolute Gasteiger partial charge is 0.496 e. The molecule has 44 heavy (non-hydrogen) atoms. The van der Waals surface area contributed by atoms with Crippen molar-refractivity contribution in [3.63, 3.8) is 0 Å². The first-order chi connectivity index (χ1) is 20.9. The maximum absolute atomic E-state index is 13.9. The van der Waals surface area contributed by atoms with Crippen LogP contribution < -0.4 is 14.4 Å². The minimum Gasteiger partial charge on any atom is -0.496 e. The van der Waals surface area contributed by atoms with E-state index >= 15 is 0 Å². The molecule has 4 rings (SSSR count). The summed E-state index contributed by atoms with van der Waals surface area (Å²) in [5, 5.41) is 0. The molecule has 0 radical (unpaired) electrons. The van der Waals surface area contributed by atoms with Crippen molar-refractivity contribution in [2.45, 2.75) is 23.5 Å². The van der Waals surface area contributed by atoms with E-state index in [1.807, 2.05) is 49.3 Å². The molecule has 8 nitrogen and oxygen atoms in total. The van der Waals surface area contributed by atoms with Crippen molar-refractivity contribution in [2.75, 3.05) is 47.3 Å². The highest BCUT2D eigenvalue weighted by atomic mass is 32.2. The first-order valence-corrected chi connectivity index (χ1v) is 15.7. The molecule has 0 fully saturated rings. The Hall–Kier alpha value is -4.63. The molecular weight excluding hydrogens is 576 g/mol. The van der Waals surface area contributed by atoms with Crippen LogP contribution in [0.5, 0.6) is 11.5 Å². The molecule has 0 atom stereocenters. The van der Waals surface area contributed by atoms with Crippen LogP contribution in [0.15, 0.2) is 89.8 Å². The van der Waals surface area contributed by atoms with E-state index in [9.17, 15) is 18.0 Å². The highest BCUT2D eigenvalue weighted by Crippen LogP contribution is 2.35. The summed E-state index contributed by atoms with van der Waals surface area (Å²) in [7, 11) is 6.21. The predicted molar refractivity (Wildman–Crippen MR) is 174 cm³/mol. The van der Waals surface area contributed by atoms with Crippen LogP contribution in [0.2, 0.25) is 0 Å². The molecule has 0 heterocycles. The summed E-state index contributed by atoms with van der Waals surface area (Å²) in [6.07, 6.45) is 0.350. The Morgan fingerprint density at radius 3 is 2.09 bits per heavy atom. The highest BCUT2D eigenvalue weighted by Gasteiger charge is 2.25. The average Bonchev–Trinajstić information content (AvgIpc) is 3.00. The fraction of sp³-hybridized carbons (Fsp3) is 0.257. The first-order valence-electron chi connectivity index (χ1n) is 14.1. The molecular formula is C35H38N2O6S. The third kappa shape index (κ3) is 7.47. The van der Waals surface area contributed by atoms with E-state index in [1.54, 1.807) is 68.7 Å². The van der Waals surface area contributed by atoms with Crippen LogP contribution in [0.3, 0.4) is 0 Å². The summed E-state index contributed by atoms with van der Waals surface area (Å²) in [6, 6.07) is 25.0. The third-order valence-corrected chi connectivity index (χ3v) is 8.97. The molecule has 4 aromatic carbocycles. The highest BCUT2D eigenvalue weighted by molar-refractivity contribution is 7.90. The molecule has 0 N–H and O–H groups in total. The average molecular weight is 615 g/mol. The van der Waals surface area contributed by atoms with Gasteiger partial charge < -0.3 is 19.3 Å². The maximum Gasteiger partial charge on any atom is 0.253 e. The number of amides is 1. The monoisotopic (exact) mass is 614 g/mol. The number of hydrogen-bond donors (Lipinski definition) is 0. The summed E-state index contributed by atoms with van der Waals surface area (Å²) < 4.78 is 38.9. The second-order valence-corrected chi connectivity index (χ2v) is 12.9. The molecule has 1 amide bonds. The van der Waals surface area contributed by atoms with E-state index < -0.39 is 9.84 Å². The van der Waals surface area contributed by atoms with Gasteiger partial charge in [0.25, 0.3) is 5.91 Å². The van der Waals surface area contributed by atoms with Crippen molar-refractivity contribution in [3.8, 4) is 22.6 Å². The second-order valence-electron chi connectivity index (χ2n) is 11.0. The summed E-state index contributed by atoms with van der Waals surface area (Å²) in [5.74, 6) is 0.0579. The zero-order valence-electron chi connectivity index (χ0n) is 26.0. The molecule has 0 unspecified atom stereocenters. The van der Waals surface area contributed by atoms with Crippen molar-refractivity contribution >= 4 is 27.2 Å². The molecule has 0 aliphatic carbocycles. The number of sulfone groups is 1. The Kier molecular flexibility index (Phi) is 10.1. The van der Waals surface area contributed by atoms with Crippen molar-refractivity contribution in [1.82, 2.24) is 4.90 Å². The number of Topliss-reactive ketones (excluding diaryl/α,β-unsaturated/α-hetero) is 1. The van der Waals surface area contributed by atoms with Crippen LogP contribution in [0.25, 0.3) is 11.1 Å². The standard InChI is InChI=1S/C35H38N2O6S/c1-36(2)30-15-7-10-24(18-30)19-31(38)21-27-12-9-14-29(34(27)43-6)23-44(40,41)33-22-26(16-17-32(33)42-5)25-11-8-13-28(20-25)35(39)37(3)4/h7-18,20,22H,19,21,23H2,1-6H3. The molecule has 230 valence electrons. The normalized spacial score (nSPS) is 11.1. The molecule has 0 aliphatic rings. The fourth-order valence-corrected chi connectivity index (χ4v) is 6.63. The Labute approximate surface area is 259 Å². The van der Waals surface area contributed by atoms with Gasteiger partial charge in [-0.25, -0.2) is 8.42 Å². The first kappa shape index (κ1) is 32.3. The van der Waals surface area contributed by atoms with Crippen molar-refractivity contribution in [3.05, 3.63) is 107 Å². The van der Waals surface area contributed by atoms with Gasteiger partial charge in [-0.2, -0.15) is 0 Å². The number of carbonyl (C=O) groups excluding carboxylic acids is 2. The van der Waals surface area contributed by atoms with E-state index in [4.69, 9.17) is 9.47 Å². The number of rotatable bonds is 12. The van der Waals surface area contributed by atoms with Crippen LogP contribution >= 0.6 is 0 Å². The van der Waals surface area contributed by atoms with E-state index in [1.165, 1.54) is 19.1 Å². The third-order valence-electron chi connectivity index (χ3n) is 7.29. The van der Waals surface area contributed by atoms with Crippen LogP contribution in [-0.2, 0) is 33.2 Å². The Morgan fingerprint density at radius 2 is 1.41 bits per heavy atom. The molecule has 0 aliphatic heterocycles. The molecule has 0 saturated heterocycles. The van der Waals surface area contributed by atoms with Gasteiger partial charge in [0.1, 0.15) is 22.2 Å². The topological polar surface area (TPSA) is 93.2 Å². The summed E-state index contributed by atoms with van der Waals surface area (Å²) in [6.45, 7) is 0. The number of benzene rings is 4. The number of methoxy groups -OCH3 is 2. The van der Waals surface area contributed by atoms with Gasteiger partial charge in [-0.05, 0) is 53.1 Å². The lowest BCUT2D eigenvalue weighted by atomic mass is 10.00. The van der Waals surface area contributed by atoms with E-state index in [0.29, 0.717) is 33.6 Å². The van der Waals surface area contributed by atoms with Gasteiger partial charge in [0.15, 0.2) is 9.84 Å². The molecule has 0 spiro atoms. The van der Waals surface area contributed by atoms with Gasteiger partial charge >= 0.3 is 0 Å². The number of anilines is 1. The molecule has 4 aromatic rings.